The lowest BCUT2D eigenvalue weighted by molar-refractivity contribution is -0.143. The predicted molar refractivity (Wildman–Crippen MR) is 140 cm³/mol. The maximum Gasteiger partial charge on any atom is 0.416 e. The Labute approximate surface area is 237 Å². The molecule has 0 fully saturated rings. The number of benzene rings is 1. The van der Waals surface area contributed by atoms with Crippen LogP contribution in [0.5, 0.6) is 5.88 Å². The second-order valence-corrected chi connectivity index (χ2v) is 9.88. The van der Waals surface area contributed by atoms with Crippen LogP contribution in [0.4, 0.5) is 32.0 Å². The SMILES string of the molecule is CC[C@@H]1C[C@H](c2ncc(CCC(=O)OC)c(Cc3cc(C(F)(F)F)cc(C(F)(F)F)c3)n2)c2nc(OC)ccc2N1N. The van der Waals surface area contributed by atoms with Gasteiger partial charge in [0, 0.05) is 31.1 Å². The summed E-state index contributed by atoms with van der Waals surface area (Å²) in [7, 11) is 2.66. The monoisotopic (exact) mass is 597 g/mol. The number of aromatic nitrogens is 3. The van der Waals surface area contributed by atoms with Gasteiger partial charge in [0.1, 0.15) is 5.82 Å². The molecule has 42 heavy (non-hydrogen) atoms. The average Bonchev–Trinajstić information content (AvgIpc) is 2.95. The first-order valence-corrected chi connectivity index (χ1v) is 13.0. The van der Waals surface area contributed by atoms with E-state index in [2.05, 4.69) is 19.7 Å². The standard InChI is InChI=1S/C28H29F6N5O3/c1-4-19-13-20(25-22(39(19)35)6-7-23(38-25)41-2)26-36-14-16(5-8-24(40)42-3)21(37-26)11-15-9-17(27(29,30)31)12-18(10-15)28(32,33)34/h6-7,9-10,12,14,19-20H,4-5,8,11,13,35H2,1-3H3/t19-,20+/m1/s1. The number of carbonyl (C=O) groups is 1. The highest BCUT2D eigenvalue weighted by Crippen LogP contribution is 2.41. The van der Waals surface area contributed by atoms with Gasteiger partial charge in [-0.3, -0.25) is 4.79 Å². The van der Waals surface area contributed by atoms with Gasteiger partial charge in [-0.25, -0.2) is 20.8 Å². The molecule has 0 spiro atoms. The van der Waals surface area contributed by atoms with Crippen molar-refractivity contribution in [2.75, 3.05) is 19.2 Å². The van der Waals surface area contributed by atoms with Gasteiger partial charge in [0.2, 0.25) is 5.88 Å². The molecule has 0 unspecified atom stereocenters. The number of fused-ring (bicyclic) bond motifs is 1. The van der Waals surface area contributed by atoms with Crippen molar-refractivity contribution in [1.29, 1.82) is 0 Å². The quantitative estimate of drug-likeness (QED) is 0.203. The number of anilines is 1. The molecule has 1 aromatic carbocycles. The highest BCUT2D eigenvalue weighted by atomic mass is 19.4. The summed E-state index contributed by atoms with van der Waals surface area (Å²) in [5.41, 5.74) is -1.39. The van der Waals surface area contributed by atoms with E-state index >= 15 is 0 Å². The summed E-state index contributed by atoms with van der Waals surface area (Å²) < 4.78 is 91.2. The molecule has 8 nitrogen and oxygen atoms in total. The second kappa shape index (κ2) is 12.1. The van der Waals surface area contributed by atoms with E-state index in [0.717, 1.165) is 0 Å². The molecule has 0 radical (unpaired) electrons. The van der Waals surface area contributed by atoms with Crippen molar-refractivity contribution >= 4 is 11.7 Å². The van der Waals surface area contributed by atoms with Crippen molar-refractivity contribution in [3.05, 3.63) is 76.0 Å². The number of nitrogens with two attached hydrogens (primary N) is 1. The lowest BCUT2D eigenvalue weighted by Gasteiger charge is -2.38. The van der Waals surface area contributed by atoms with Crippen LogP contribution in [-0.4, -0.2) is 41.2 Å². The first-order valence-electron chi connectivity index (χ1n) is 13.0. The van der Waals surface area contributed by atoms with Crippen molar-refractivity contribution in [3.8, 4) is 5.88 Å². The Balaban J connectivity index is 1.83. The number of alkyl halides is 6. The Morgan fingerprint density at radius 3 is 2.29 bits per heavy atom. The van der Waals surface area contributed by atoms with Gasteiger partial charge in [0.05, 0.1) is 48.3 Å². The van der Waals surface area contributed by atoms with Crippen LogP contribution in [-0.2, 0) is 34.7 Å². The van der Waals surface area contributed by atoms with E-state index in [0.29, 0.717) is 47.8 Å². The first kappa shape index (κ1) is 31.0. The normalized spacial score (nSPS) is 17.1. The lowest BCUT2D eigenvalue weighted by atomic mass is 9.88. The third-order valence-corrected chi connectivity index (χ3v) is 7.20. The van der Waals surface area contributed by atoms with E-state index in [9.17, 15) is 31.1 Å². The molecule has 0 amide bonds. The Hall–Kier alpha value is -3.94. The molecule has 0 bridgehead atoms. The van der Waals surface area contributed by atoms with Gasteiger partial charge < -0.3 is 14.5 Å². The molecule has 14 heteroatoms. The van der Waals surface area contributed by atoms with Crippen molar-refractivity contribution < 1.29 is 40.6 Å². The fraction of sp³-hybridized carbons (Fsp3) is 0.429. The predicted octanol–water partition coefficient (Wildman–Crippen LogP) is 5.61. The molecule has 226 valence electrons. The zero-order valence-corrected chi connectivity index (χ0v) is 23.0. The molecule has 4 rings (SSSR count). The number of hydrazine groups is 1. The van der Waals surface area contributed by atoms with Gasteiger partial charge >= 0.3 is 18.3 Å². The highest BCUT2D eigenvalue weighted by Gasteiger charge is 2.38. The summed E-state index contributed by atoms with van der Waals surface area (Å²) in [6.45, 7) is 1.96. The topological polar surface area (TPSA) is 103 Å². The van der Waals surface area contributed by atoms with E-state index in [1.807, 2.05) is 6.92 Å². The summed E-state index contributed by atoms with van der Waals surface area (Å²) in [6.07, 6.45) is -7.84. The number of hydrogen-bond acceptors (Lipinski definition) is 8. The Kier molecular flexibility index (Phi) is 8.95. The van der Waals surface area contributed by atoms with Crippen LogP contribution < -0.4 is 15.6 Å². The molecule has 1 aliphatic heterocycles. The van der Waals surface area contributed by atoms with Crippen LogP contribution in [0, 0.1) is 0 Å². The largest absolute Gasteiger partial charge is 0.481 e. The molecular weight excluding hydrogens is 568 g/mol. The highest BCUT2D eigenvalue weighted by molar-refractivity contribution is 5.69. The maximum atomic E-state index is 13.5. The molecule has 2 N–H and O–H groups in total. The number of hydrogen-bond donors (Lipinski definition) is 1. The van der Waals surface area contributed by atoms with Crippen LogP contribution in [0.2, 0.25) is 0 Å². The number of ether oxygens (including phenoxy) is 2. The zero-order valence-electron chi connectivity index (χ0n) is 23.0. The van der Waals surface area contributed by atoms with Gasteiger partial charge in [-0.15, -0.1) is 0 Å². The molecule has 1 aliphatic rings. The minimum atomic E-state index is -5.00. The van der Waals surface area contributed by atoms with Crippen molar-refractivity contribution in [1.82, 2.24) is 15.0 Å². The van der Waals surface area contributed by atoms with E-state index < -0.39 is 35.4 Å². The number of esters is 1. The number of methoxy groups -OCH3 is 2. The van der Waals surface area contributed by atoms with E-state index in [-0.39, 0.29) is 48.5 Å². The molecular formula is C28H29F6N5O3. The van der Waals surface area contributed by atoms with Crippen LogP contribution >= 0.6 is 0 Å². The Bertz CT molecular complexity index is 1410. The molecule has 0 saturated carbocycles. The van der Waals surface area contributed by atoms with Gasteiger partial charge in [-0.1, -0.05) is 6.92 Å². The smallest absolute Gasteiger partial charge is 0.416 e. The lowest BCUT2D eigenvalue weighted by Crippen LogP contribution is -2.46. The Morgan fingerprint density at radius 2 is 1.71 bits per heavy atom. The van der Waals surface area contributed by atoms with Crippen LogP contribution in [0.1, 0.15) is 71.6 Å². The van der Waals surface area contributed by atoms with Crippen LogP contribution in [0.15, 0.2) is 36.5 Å². The van der Waals surface area contributed by atoms with Gasteiger partial charge in [-0.05, 0) is 54.7 Å². The fourth-order valence-corrected chi connectivity index (χ4v) is 4.96. The molecule has 2 aromatic heterocycles. The minimum absolute atomic E-state index is 0.0644. The number of halogens is 6. The van der Waals surface area contributed by atoms with E-state index in [4.69, 9.17) is 10.6 Å². The summed E-state index contributed by atoms with van der Waals surface area (Å²) in [5.74, 6) is 5.89. The van der Waals surface area contributed by atoms with Crippen LogP contribution in [0.25, 0.3) is 0 Å². The van der Waals surface area contributed by atoms with Crippen LogP contribution in [0.3, 0.4) is 0 Å². The number of aryl methyl sites for hydroxylation is 1. The molecule has 3 aromatic rings. The van der Waals surface area contributed by atoms with Gasteiger partial charge in [0.15, 0.2) is 0 Å². The number of rotatable bonds is 8. The van der Waals surface area contributed by atoms with E-state index in [1.165, 1.54) is 20.4 Å². The third-order valence-electron chi connectivity index (χ3n) is 7.20. The Morgan fingerprint density at radius 1 is 1.05 bits per heavy atom. The zero-order chi connectivity index (χ0) is 30.8. The fourth-order valence-electron chi connectivity index (χ4n) is 4.96. The third kappa shape index (κ3) is 6.75. The number of pyridine rings is 1. The maximum absolute atomic E-state index is 13.5. The molecule has 0 saturated heterocycles. The second-order valence-electron chi connectivity index (χ2n) is 9.88. The van der Waals surface area contributed by atoms with Gasteiger partial charge in [-0.2, -0.15) is 26.3 Å². The summed E-state index contributed by atoms with van der Waals surface area (Å²) in [6, 6.07) is 4.70. The van der Waals surface area contributed by atoms with Crippen molar-refractivity contribution in [2.24, 2.45) is 5.84 Å². The van der Waals surface area contributed by atoms with E-state index in [1.54, 1.807) is 17.1 Å². The average molecular weight is 598 g/mol. The number of nitrogens with zero attached hydrogens (tertiary/aromatic N) is 4. The first-order chi connectivity index (χ1) is 19.7. The molecule has 0 aliphatic carbocycles. The summed E-state index contributed by atoms with van der Waals surface area (Å²) in [5, 5.41) is 1.60. The van der Waals surface area contributed by atoms with Crippen molar-refractivity contribution in [2.45, 2.75) is 63.3 Å². The van der Waals surface area contributed by atoms with Crippen molar-refractivity contribution in [3.63, 3.8) is 0 Å². The summed E-state index contributed by atoms with van der Waals surface area (Å²) >= 11 is 0. The molecule has 3 heterocycles. The molecule has 2 atom stereocenters. The number of carbonyl (C=O) groups excluding carboxylic acids is 1. The minimum Gasteiger partial charge on any atom is -0.481 e. The summed E-state index contributed by atoms with van der Waals surface area (Å²) in [4.78, 5) is 25.6. The van der Waals surface area contributed by atoms with Gasteiger partial charge in [0.25, 0.3) is 0 Å².